The van der Waals surface area contributed by atoms with Gasteiger partial charge in [0.1, 0.15) is 5.75 Å². The van der Waals surface area contributed by atoms with Crippen LogP contribution < -0.4 is 4.74 Å². The Morgan fingerprint density at radius 3 is 1.85 bits per heavy atom. The fraction of sp³-hybridized carbons (Fsp3) is 0.130. The minimum atomic E-state index is -0.531. The van der Waals surface area contributed by atoms with Gasteiger partial charge in [-0.1, -0.05) is 72.8 Å². The number of carbonyl (C=O) groups is 2. The van der Waals surface area contributed by atoms with Crippen molar-refractivity contribution in [3.63, 3.8) is 0 Å². The predicted octanol–water partition coefficient (Wildman–Crippen LogP) is 4.93. The molecule has 3 nitrogen and oxygen atoms in total. The summed E-state index contributed by atoms with van der Waals surface area (Å²) in [4.78, 5) is 25.8. The van der Waals surface area contributed by atoms with Crippen molar-refractivity contribution in [3.8, 4) is 5.75 Å². The van der Waals surface area contributed by atoms with E-state index < -0.39 is 5.92 Å². The summed E-state index contributed by atoms with van der Waals surface area (Å²) >= 11 is 0. The molecule has 3 rings (SSSR count). The van der Waals surface area contributed by atoms with Crippen LogP contribution in [0.5, 0.6) is 5.75 Å². The zero-order valence-electron chi connectivity index (χ0n) is 14.6. The third kappa shape index (κ3) is 4.06. The van der Waals surface area contributed by atoms with E-state index in [-0.39, 0.29) is 18.0 Å². The monoisotopic (exact) mass is 344 g/mol. The molecule has 0 aliphatic rings. The maximum absolute atomic E-state index is 13.1. The van der Waals surface area contributed by atoms with Gasteiger partial charge < -0.3 is 4.74 Å². The highest BCUT2D eigenvalue weighted by molar-refractivity contribution is 6.06. The lowest BCUT2D eigenvalue weighted by Crippen LogP contribution is -2.17. The zero-order chi connectivity index (χ0) is 18.4. The standard InChI is InChI=1S/C23H20O3/c1-26-20-14-12-17(13-15-20)21(23(25)19-10-6-3-7-11-19)16-22(24)18-8-4-2-5-9-18/h2-15,21H,16H2,1H3. The van der Waals surface area contributed by atoms with Crippen molar-refractivity contribution in [2.75, 3.05) is 7.11 Å². The maximum Gasteiger partial charge on any atom is 0.170 e. The first-order chi connectivity index (χ1) is 12.7. The van der Waals surface area contributed by atoms with Crippen LogP contribution in [0.15, 0.2) is 84.9 Å². The van der Waals surface area contributed by atoms with E-state index in [9.17, 15) is 9.59 Å². The van der Waals surface area contributed by atoms with Gasteiger partial charge in [0.05, 0.1) is 13.0 Å². The summed E-state index contributed by atoms with van der Waals surface area (Å²) in [6, 6.07) is 25.5. The average Bonchev–Trinajstić information content (AvgIpc) is 2.73. The molecular weight excluding hydrogens is 324 g/mol. The summed E-state index contributed by atoms with van der Waals surface area (Å²) in [7, 11) is 1.60. The maximum atomic E-state index is 13.1. The Bertz CT molecular complexity index is 868. The fourth-order valence-electron chi connectivity index (χ4n) is 2.93. The third-order valence-electron chi connectivity index (χ3n) is 4.38. The molecule has 0 aliphatic carbocycles. The van der Waals surface area contributed by atoms with Crippen LogP contribution in [-0.4, -0.2) is 18.7 Å². The van der Waals surface area contributed by atoms with Crippen molar-refractivity contribution in [2.45, 2.75) is 12.3 Å². The Morgan fingerprint density at radius 2 is 1.31 bits per heavy atom. The molecule has 1 unspecified atom stereocenters. The van der Waals surface area contributed by atoms with Gasteiger partial charge in [0, 0.05) is 17.5 Å². The van der Waals surface area contributed by atoms with E-state index in [1.165, 1.54) is 0 Å². The van der Waals surface area contributed by atoms with Crippen LogP contribution in [0.3, 0.4) is 0 Å². The minimum absolute atomic E-state index is 0.0456. The van der Waals surface area contributed by atoms with Gasteiger partial charge in [-0.25, -0.2) is 0 Å². The Hall–Kier alpha value is -3.20. The molecule has 0 bridgehead atoms. The quantitative estimate of drug-likeness (QED) is 0.571. The molecular formula is C23H20O3. The Kier molecular flexibility index (Phi) is 5.59. The fourth-order valence-corrected chi connectivity index (χ4v) is 2.93. The number of hydrogen-bond acceptors (Lipinski definition) is 3. The van der Waals surface area contributed by atoms with Crippen LogP contribution in [0, 0.1) is 0 Å². The van der Waals surface area contributed by atoms with E-state index in [0.717, 1.165) is 5.56 Å². The second-order valence-corrected chi connectivity index (χ2v) is 6.05. The molecule has 3 aromatic rings. The number of methoxy groups -OCH3 is 1. The van der Waals surface area contributed by atoms with E-state index in [1.807, 2.05) is 60.7 Å². The summed E-state index contributed by atoms with van der Waals surface area (Å²) in [5.41, 5.74) is 2.03. The zero-order valence-corrected chi connectivity index (χ0v) is 14.6. The number of carbonyl (C=O) groups excluding carboxylic acids is 2. The number of rotatable bonds is 7. The van der Waals surface area contributed by atoms with Crippen LogP contribution in [0.2, 0.25) is 0 Å². The van der Waals surface area contributed by atoms with E-state index in [1.54, 1.807) is 31.4 Å². The third-order valence-corrected chi connectivity index (χ3v) is 4.38. The SMILES string of the molecule is COc1ccc(C(CC(=O)c2ccccc2)C(=O)c2ccccc2)cc1. The molecule has 0 saturated carbocycles. The molecule has 3 heteroatoms. The average molecular weight is 344 g/mol. The molecule has 0 fully saturated rings. The van der Waals surface area contributed by atoms with Crippen molar-refractivity contribution in [1.82, 2.24) is 0 Å². The highest BCUT2D eigenvalue weighted by Crippen LogP contribution is 2.28. The van der Waals surface area contributed by atoms with Crippen molar-refractivity contribution in [1.29, 1.82) is 0 Å². The van der Waals surface area contributed by atoms with Crippen LogP contribution in [0.1, 0.15) is 38.6 Å². The molecule has 0 N–H and O–H groups in total. The van der Waals surface area contributed by atoms with Crippen LogP contribution >= 0.6 is 0 Å². The molecule has 0 heterocycles. The van der Waals surface area contributed by atoms with E-state index >= 15 is 0 Å². The van der Waals surface area contributed by atoms with Gasteiger partial charge in [-0.15, -0.1) is 0 Å². The van der Waals surface area contributed by atoms with Crippen molar-refractivity contribution in [3.05, 3.63) is 102 Å². The van der Waals surface area contributed by atoms with Gasteiger partial charge >= 0.3 is 0 Å². The Morgan fingerprint density at radius 1 is 0.769 bits per heavy atom. The molecule has 1 atom stereocenters. The topological polar surface area (TPSA) is 43.4 Å². The molecule has 0 aromatic heterocycles. The largest absolute Gasteiger partial charge is 0.497 e. The molecule has 0 saturated heterocycles. The van der Waals surface area contributed by atoms with E-state index in [4.69, 9.17) is 4.74 Å². The van der Waals surface area contributed by atoms with Crippen LogP contribution in [0.25, 0.3) is 0 Å². The van der Waals surface area contributed by atoms with Gasteiger partial charge in [-0.2, -0.15) is 0 Å². The predicted molar refractivity (Wildman–Crippen MR) is 102 cm³/mol. The normalized spacial score (nSPS) is 11.6. The van der Waals surface area contributed by atoms with Crippen LogP contribution in [-0.2, 0) is 0 Å². The van der Waals surface area contributed by atoms with Crippen molar-refractivity contribution in [2.24, 2.45) is 0 Å². The lowest BCUT2D eigenvalue weighted by molar-refractivity contribution is 0.0893. The molecule has 0 aliphatic heterocycles. The lowest BCUT2D eigenvalue weighted by atomic mass is 9.85. The number of benzene rings is 3. The minimum Gasteiger partial charge on any atom is -0.497 e. The molecule has 26 heavy (non-hydrogen) atoms. The number of ether oxygens (including phenoxy) is 1. The van der Waals surface area contributed by atoms with E-state index in [0.29, 0.717) is 16.9 Å². The first-order valence-corrected chi connectivity index (χ1v) is 8.50. The summed E-state index contributed by atoms with van der Waals surface area (Å²) in [5, 5.41) is 0. The molecule has 0 radical (unpaired) electrons. The van der Waals surface area contributed by atoms with Gasteiger partial charge in [-0.3, -0.25) is 9.59 Å². The summed E-state index contributed by atoms with van der Waals surface area (Å²) in [5.74, 6) is 0.0841. The second kappa shape index (κ2) is 8.26. The summed E-state index contributed by atoms with van der Waals surface area (Å²) < 4.78 is 5.19. The second-order valence-electron chi connectivity index (χ2n) is 6.05. The highest BCUT2D eigenvalue weighted by Gasteiger charge is 2.25. The number of ketones is 2. The van der Waals surface area contributed by atoms with Gasteiger partial charge in [-0.05, 0) is 17.7 Å². The molecule has 0 spiro atoms. The van der Waals surface area contributed by atoms with Crippen molar-refractivity contribution < 1.29 is 14.3 Å². The first kappa shape index (κ1) is 17.6. The first-order valence-electron chi connectivity index (χ1n) is 8.50. The Balaban J connectivity index is 1.92. The molecule has 130 valence electrons. The summed E-state index contributed by atoms with van der Waals surface area (Å²) in [6.07, 6.45) is 0.129. The number of Topliss-reactive ketones (excluding diaryl/α,β-unsaturated/α-hetero) is 2. The smallest absolute Gasteiger partial charge is 0.170 e. The number of hydrogen-bond donors (Lipinski definition) is 0. The lowest BCUT2D eigenvalue weighted by Gasteiger charge is -2.16. The highest BCUT2D eigenvalue weighted by atomic mass is 16.5. The van der Waals surface area contributed by atoms with Gasteiger partial charge in [0.15, 0.2) is 11.6 Å². The Labute approximate surface area is 153 Å². The van der Waals surface area contributed by atoms with Crippen molar-refractivity contribution >= 4 is 11.6 Å². The molecule has 0 amide bonds. The van der Waals surface area contributed by atoms with E-state index in [2.05, 4.69) is 0 Å². The van der Waals surface area contributed by atoms with Gasteiger partial charge in [0.25, 0.3) is 0 Å². The summed E-state index contributed by atoms with van der Waals surface area (Å²) in [6.45, 7) is 0. The van der Waals surface area contributed by atoms with Gasteiger partial charge in [0.2, 0.25) is 0 Å². The van der Waals surface area contributed by atoms with Crippen LogP contribution in [0.4, 0.5) is 0 Å². The molecule has 3 aromatic carbocycles.